The molecule has 1 aliphatic heterocycles. The maximum Gasteiger partial charge on any atom is 0.407 e. The lowest BCUT2D eigenvalue weighted by molar-refractivity contribution is 0.0748. The molecular weight excluding hydrogens is 453 g/mol. The van der Waals surface area contributed by atoms with Gasteiger partial charge in [0.25, 0.3) is 0 Å². The fourth-order valence-corrected chi connectivity index (χ4v) is 6.67. The van der Waals surface area contributed by atoms with E-state index < -0.39 is 5.41 Å². The average molecular weight is 496 g/mol. The van der Waals surface area contributed by atoms with Crippen molar-refractivity contribution in [3.8, 4) is 0 Å². The molecule has 4 rings (SSSR count). The summed E-state index contributed by atoms with van der Waals surface area (Å²) in [5.74, 6) is 0.238. The molecule has 0 unspecified atom stereocenters. The van der Waals surface area contributed by atoms with Gasteiger partial charge in [0, 0.05) is 24.5 Å². The Morgan fingerprint density at radius 1 is 1.11 bits per heavy atom. The molecule has 1 heterocycles. The first-order chi connectivity index (χ1) is 17.6. The molecule has 2 aromatic rings. The molecule has 36 heavy (non-hydrogen) atoms. The van der Waals surface area contributed by atoms with Crippen molar-refractivity contribution in [1.82, 2.24) is 10.2 Å². The highest BCUT2D eigenvalue weighted by Gasteiger charge is 2.51. The number of benzene rings is 2. The number of nitrogens with zero attached hydrogens (tertiary/aromatic N) is 1. The highest BCUT2D eigenvalue weighted by molar-refractivity contribution is 5.67. The van der Waals surface area contributed by atoms with Crippen LogP contribution in [0, 0.1) is 17.7 Å². The van der Waals surface area contributed by atoms with Crippen LogP contribution < -0.4 is 11.1 Å². The molecule has 0 aromatic heterocycles. The Balaban J connectivity index is 1.55. The van der Waals surface area contributed by atoms with E-state index in [1.54, 1.807) is 12.1 Å². The summed E-state index contributed by atoms with van der Waals surface area (Å²) in [4.78, 5) is 15.1. The Bertz CT molecular complexity index is 964. The predicted molar refractivity (Wildman–Crippen MR) is 142 cm³/mol. The topological polar surface area (TPSA) is 67.6 Å². The molecule has 3 atom stereocenters. The molecule has 1 aliphatic carbocycles. The third-order valence-corrected chi connectivity index (χ3v) is 8.48. The molecule has 0 bridgehead atoms. The van der Waals surface area contributed by atoms with E-state index >= 15 is 0 Å². The van der Waals surface area contributed by atoms with Gasteiger partial charge in [0.2, 0.25) is 0 Å². The summed E-state index contributed by atoms with van der Waals surface area (Å²) in [6, 6.07) is 17.6. The molecule has 0 spiro atoms. The standard InChI is InChI=1S/C30H42FN3O2/c1-2-3-19-36-29(35)33-28-14-8-13-27(28)30(22-32,25-11-7-12-26(31)20-25)24-15-17-34(18-16-24)21-23-9-5-4-6-10-23/h4-7,9-12,20,24,27-28H,2-3,8,13-19,21-22,32H2,1H3,(H,33,35)/t27-,28-,30-/m0/s1. The zero-order valence-electron chi connectivity index (χ0n) is 21.6. The number of unbranched alkanes of at least 4 members (excludes halogenated alkanes) is 1. The van der Waals surface area contributed by atoms with Crippen LogP contribution in [0.15, 0.2) is 54.6 Å². The van der Waals surface area contributed by atoms with E-state index in [1.165, 1.54) is 11.6 Å². The van der Waals surface area contributed by atoms with Crippen LogP contribution in [-0.4, -0.2) is 43.3 Å². The fraction of sp³-hybridized carbons (Fsp3) is 0.567. The van der Waals surface area contributed by atoms with Crippen LogP contribution in [-0.2, 0) is 16.7 Å². The van der Waals surface area contributed by atoms with Crippen LogP contribution in [0.5, 0.6) is 0 Å². The van der Waals surface area contributed by atoms with Crippen LogP contribution >= 0.6 is 0 Å². The molecule has 2 aromatic carbocycles. The number of piperidine rings is 1. The van der Waals surface area contributed by atoms with Crippen LogP contribution in [0.25, 0.3) is 0 Å². The summed E-state index contributed by atoms with van der Waals surface area (Å²) in [6.07, 6.45) is 6.40. The van der Waals surface area contributed by atoms with Gasteiger partial charge in [-0.1, -0.05) is 62.2 Å². The first-order valence-corrected chi connectivity index (χ1v) is 13.7. The van der Waals surface area contributed by atoms with Gasteiger partial charge in [-0.2, -0.15) is 0 Å². The Labute approximate surface area is 215 Å². The highest BCUT2D eigenvalue weighted by Crippen LogP contribution is 2.50. The summed E-state index contributed by atoms with van der Waals surface area (Å²) in [5.41, 5.74) is 8.58. The van der Waals surface area contributed by atoms with Gasteiger partial charge in [-0.05, 0) is 80.3 Å². The van der Waals surface area contributed by atoms with E-state index in [9.17, 15) is 9.18 Å². The largest absolute Gasteiger partial charge is 0.450 e. The minimum atomic E-state index is -0.390. The molecule has 5 nitrogen and oxygen atoms in total. The normalized spacial score (nSPS) is 22.8. The maximum atomic E-state index is 14.5. The maximum absolute atomic E-state index is 14.5. The number of halogens is 1. The first-order valence-electron chi connectivity index (χ1n) is 13.7. The number of hydrogen-bond acceptors (Lipinski definition) is 4. The predicted octanol–water partition coefficient (Wildman–Crippen LogP) is 5.63. The summed E-state index contributed by atoms with van der Waals surface area (Å²) in [6.45, 7) is 5.87. The van der Waals surface area contributed by atoms with Crippen molar-refractivity contribution in [3.63, 3.8) is 0 Å². The second kappa shape index (κ2) is 12.7. The molecule has 2 fully saturated rings. The van der Waals surface area contributed by atoms with Crippen LogP contribution in [0.4, 0.5) is 9.18 Å². The summed E-state index contributed by atoms with van der Waals surface area (Å²) < 4.78 is 20.0. The zero-order chi connectivity index (χ0) is 25.4. The van der Waals surface area contributed by atoms with Crippen molar-refractivity contribution in [1.29, 1.82) is 0 Å². The number of carbonyl (C=O) groups excluding carboxylic acids is 1. The van der Waals surface area contributed by atoms with Gasteiger partial charge < -0.3 is 15.8 Å². The van der Waals surface area contributed by atoms with Crippen LogP contribution in [0.3, 0.4) is 0 Å². The van der Waals surface area contributed by atoms with Gasteiger partial charge >= 0.3 is 6.09 Å². The van der Waals surface area contributed by atoms with Crippen molar-refractivity contribution >= 4 is 6.09 Å². The van der Waals surface area contributed by atoms with E-state index in [0.29, 0.717) is 19.1 Å². The second-order valence-corrected chi connectivity index (χ2v) is 10.6. The Hall–Kier alpha value is -2.44. The number of ether oxygens (including phenoxy) is 1. The molecule has 2 aliphatic rings. The number of alkyl carbamates (subject to hydrolysis) is 1. The van der Waals surface area contributed by atoms with Crippen LogP contribution in [0.1, 0.15) is 63.0 Å². The lowest BCUT2D eigenvalue weighted by Crippen LogP contribution is -2.56. The van der Waals surface area contributed by atoms with E-state index in [1.807, 2.05) is 6.07 Å². The van der Waals surface area contributed by atoms with Gasteiger partial charge in [-0.15, -0.1) is 0 Å². The smallest absolute Gasteiger partial charge is 0.407 e. The van der Waals surface area contributed by atoms with E-state index in [2.05, 4.69) is 47.5 Å². The second-order valence-electron chi connectivity index (χ2n) is 10.6. The lowest BCUT2D eigenvalue weighted by atomic mass is 9.58. The molecular formula is C30H42FN3O2. The van der Waals surface area contributed by atoms with E-state index in [-0.39, 0.29) is 23.9 Å². The SMILES string of the molecule is CCCCOC(=O)N[C@H]1CCC[C@@H]1[C@](CN)(c1cccc(F)c1)C1CCN(Cc2ccccc2)CC1. The van der Waals surface area contributed by atoms with Gasteiger partial charge in [-0.25, -0.2) is 9.18 Å². The van der Waals surface area contributed by atoms with E-state index in [0.717, 1.165) is 70.1 Å². The monoisotopic (exact) mass is 495 g/mol. The van der Waals surface area contributed by atoms with Crippen molar-refractivity contribution in [2.45, 2.75) is 69.9 Å². The Morgan fingerprint density at radius 2 is 1.89 bits per heavy atom. The first kappa shape index (κ1) is 26.6. The molecule has 196 valence electrons. The third kappa shape index (κ3) is 6.09. The summed E-state index contributed by atoms with van der Waals surface area (Å²) in [7, 11) is 0. The number of hydrogen-bond donors (Lipinski definition) is 2. The highest BCUT2D eigenvalue weighted by atomic mass is 19.1. The number of rotatable bonds is 10. The quantitative estimate of drug-likeness (QED) is 0.419. The van der Waals surface area contributed by atoms with Crippen molar-refractivity contribution < 1.29 is 13.9 Å². The molecule has 1 saturated carbocycles. The molecule has 1 amide bonds. The van der Waals surface area contributed by atoms with Crippen molar-refractivity contribution in [2.24, 2.45) is 17.6 Å². The number of likely N-dealkylation sites (tertiary alicyclic amines) is 1. The lowest BCUT2D eigenvalue weighted by Gasteiger charge is -2.50. The van der Waals surface area contributed by atoms with Gasteiger partial charge in [0.15, 0.2) is 0 Å². The minimum absolute atomic E-state index is 0.0201. The minimum Gasteiger partial charge on any atom is -0.450 e. The van der Waals surface area contributed by atoms with Gasteiger partial charge in [-0.3, -0.25) is 4.90 Å². The molecule has 1 saturated heterocycles. The third-order valence-electron chi connectivity index (χ3n) is 8.48. The molecule has 0 radical (unpaired) electrons. The number of nitrogens with two attached hydrogens (primary N) is 1. The zero-order valence-corrected chi connectivity index (χ0v) is 21.6. The average Bonchev–Trinajstić information content (AvgIpc) is 3.35. The Morgan fingerprint density at radius 3 is 2.58 bits per heavy atom. The number of amides is 1. The van der Waals surface area contributed by atoms with Gasteiger partial charge in [0.1, 0.15) is 5.82 Å². The number of carbonyl (C=O) groups is 1. The van der Waals surface area contributed by atoms with Crippen molar-refractivity contribution in [3.05, 3.63) is 71.5 Å². The van der Waals surface area contributed by atoms with Gasteiger partial charge in [0.05, 0.1) is 6.61 Å². The van der Waals surface area contributed by atoms with E-state index in [4.69, 9.17) is 10.5 Å². The molecule has 3 N–H and O–H groups in total. The Kier molecular flexibility index (Phi) is 9.38. The molecule has 6 heteroatoms. The number of nitrogens with one attached hydrogen (secondary N) is 1. The summed E-state index contributed by atoms with van der Waals surface area (Å²) in [5, 5.41) is 3.17. The van der Waals surface area contributed by atoms with Crippen molar-refractivity contribution in [2.75, 3.05) is 26.2 Å². The summed E-state index contributed by atoms with van der Waals surface area (Å²) >= 11 is 0. The van der Waals surface area contributed by atoms with Crippen LogP contribution in [0.2, 0.25) is 0 Å². The fourth-order valence-electron chi connectivity index (χ4n) is 6.67.